The predicted molar refractivity (Wildman–Crippen MR) is 68.9 cm³/mol. The first kappa shape index (κ1) is 12.8. The molecular weight excluding hydrogens is 309 g/mol. The van der Waals surface area contributed by atoms with E-state index >= 15 is 0 Å². The molecule has 0 saturated heterocycles. The summed E-state index contributed by atoms with van der Waals surface area (Å²) in [6, 6.07) is 3.94. The Kier molecular flexibility index (Phi) is 3.73. The number of nitrogens with one attached hydrogen (secondary N) is 1. The fourth-order valence-electron chi connectivity index (χ4n) is 2.01. The molecule has 1 saturated carbocycles. The minimum Gasteiger partial charge on any atom is -0.282 e. The van der Waals surface area contributed by atoms with Crippen LogP contribution in [0.25, 0.3) is 0 Å². The van der Waals surface area contributed by atoms with Crippen LogP contribution in [-0.2, 0) is 10.0 Å². The van der Waals surface area contributed by atoms with Gasteiger partial charge in [-0.05, 0) is 47.0 Å². The average molecular weight is 322 g/mol. The molecule has 0 amide bonds. The maximum absolute atomic E-state index is 13.0. The SMILES string of the molecule is O=S(=O)(Nc1cc(F)ccc1Br)C1CCCC1. The van der Waals surface area contributed by atoms with Gasteiger partial charge in [-0.2, -0.15) is 0 Å². The molecule has 0 aliphatic heterocycles. The Hall–Kier alpha value is -0.620. The second kappa shape index (κ2) is 4.94. The van der Waals surface area contributed by atoms with E-state index in [9.17, 15) is 12.8 Å². The van der Waals surface area contributed by atoms with Gasteiger partial charge in [0.2, 0.25) is 10.0 Å². The summed E-state index contributed by atoms with van der Waals surface area (Å²) < 4.78 is 40.1. The molecular formula is C11H13BrFNO2S. The zero-order valence-electron chi connectivity index (χ0n) is 9.12. The van der Waals surface area contributed by atoms with Crippen molar-refractivity contribution < 1.29 is 12.8 Å². The molecule has 1 fully saturated rings. The van der Waals surface area contributed by atoms with Crippen molar-refractivity contribution >= 4 is 31.6 Å². The van der Waals surface area contributed by atoms with Crippen LogP contribution in [0.3, 0.4) is 0 Å². The van der Waals surface area contributed by atoms with E-state index in [1.807, 2.05) is 0 Å². The lowest BCUT2D eigenvalue weighted by molar-refractivity contribution is 0.585. The Labute approximate surface area is 109 Å². The summed E-state index contributed by atoms with van der Waals surface area (Å²) in [6.45, 7) is 0. The van der Waals surface area contributed by atoms with Crippen LogP contribution in [0.15, 0.2) is 22.7 Å². The molecule has 1 aromatic rings. The van der Waals surface area contributed by atoms with E-state index in [1.165, 1.54) is 18.2 Å². The van der Waals surface area contributed by atoms with Gasteiger partial charge in [0.25, 0.3) is 0 Å². The largest absolute Gasteiger partial charge is 0.282 e. The van der Waals surface area contributed by atoms with Crippen LogP contribution in [0.5, 0.6) is 0 Å². The lowest BCUT2D eigenvalue weighted by Gasteiger charge is -2.14. The summed E-state index contributed by atoms with van der Waals surface area (Å²) in [5.74, 6) is -0.461. The molecule has 94 valence electrons. The van der Waals surface area contributed by atoms with Gasteiger partial charge in [0.15, 0.2) is 0 Å². The highest BCUT2D eigenvalue weighted by atomic mass is 79.9. The van der Waals surface area contributed by atoms with Crippen LogP contribution in [0.1, 0.15) is 25.7 Å². The van der Waals surface area contributed by atoms with Gasteiger partial charge in [-0.1, -0.05) is 12.8 Å². The van der Waals surface area contributed by atoms with Gasteiger partial charge in [0.1, 0.15) is 5.82 Å². The second-order valence-corrected chi connectivity index (χ2v) is 6.99. The number of sulfonamides is 1. The molecule has 2 rings (SSSR count). The third-order valence-electron chi connectivity index (χ3n) is 2.92. The van der Waals surface area contributed by atoms with Crippen LogP contribution in [-0.4, -0.2) is 13.7 Å². The van der Waals surface area contributed by atoms with Gasteiger partial charge in [-0.15, -0.1) is 0 Å². The zero-order chi connectivity index (χ0) is 12.5. The third-order valence-corrected chi connectivity index (χ3v) is 5.47. The first-order valence-corrected chi connectivity index (χ1v) is 7.79. The summed E-state index contributed by atoms with van der Waals surface area (Å²) in [6.07, 6.45) is 3.25. The Morgan fingerprint density at radius 1 is 1.29 bits per heavy atom. The molecule has 0 bridgehead atoms. The maximum atomic E-state index is 13.0. The summed E-state index contributed by atoms with van der Waals surface area (Å²) in [5.41, 5.74) is 0.261. The molecule has 0 heterocycles. The molecule has 1 N–H and O–H groups in total. The van der Waals surface area contributed by atoms with E-state index in [0.717, 1.165) is 12.8 Å². The molecule has 0 unspecified atom stereocenters. The maximum Gasteiger partial charge on any atom is 0.235 e. The van der Waals surface area contributed by atoms with Gasteiger partial charge < -0.3 is 0 Å². The average Bonchev–Trinajstić information content (AvgIpc) is 2.77. The van der Waals surface area contributed by atoms with Gasteiger partial charge in [-0.3, -0.25) is 4.72 Å². The molecule has 17 heavy (non-hydrogen) atoms. The predicted octanol–water partition coefficient (Wildman–Crippen LogP) is 3.27. The molecule has 0 radical (unpaired) electrons. The van der Waals surface area contributed by atoms with E-state index in [0.29, 0.717) is 17.3 Å². The quantitative estimate of drug-likeness (QED) is 0.928. The fourth-order valence-corrected chi connectivity index (χ4v) is 4.08. The van der Waals surface area contributed by atoms with E-state index in [2.05, 4.69) is 20.7 Å². The van der Waals surface area contributed by atoms with Crippen molar-refractivity contribution in [3.63, 3.8) is 0 Å². The van der Waals surface area contributed by atoms with Crippen LogP contribution in [0.2, 0.25) is 0 Å². The molecule has 1 aliphatic rings. The van der Waals surface area contributed by atoms with Crippen molar-refractivity contribution in [1.82, 2.24) is 0 Å². The standard InChI is InChI=1S/C11H13BrFNO2S/c12-10-6-5-8(13)7-11(10)14-17(15,16)9-3-1-2-4-9/h5-7,9,14H,1-4H2. The fraction of sp³-hybridized carbons (Fsp3) is 0.455. The van der Waals surface area contributed by atoms with Crippen molar-refractivity contribution in [3.05, 3.63) is 28.5 Å². The normalized spacial score (nSPS) is 17.3. The van der Waals surface area contributed by atoms with Crippen LogP contribution in [0.4, 0.5) is 10.1 Å². The number of hydrogen-bond donors (Lipinski definition) is 1. The minimum absolute atomic E-state index is 0.261. The highest BCUT2D eigenvalue weighted by Crippen LogP contribution is 2.29. The van der Waals surface area contributed by atoms with Crippen molar-refractivity contribution in [2.24, 2.45) is 0 Å². The van der Waals surface area contributed by atoms with Crippen LogP contribution < -0.4 is 4.72 Å². The zero-order valence-corrected chi connectivity index (χ0v) is 11.5. The van der Waals surface area contributed by atoms with Crippen LogP contribution in [0, 0.1) is 5.82 Å². The lowest BCUT2D eigenvalue weighted by atomic mass is 10.3. The topological polar surface area (TPSA) is 46.2 Å². The first-order valence-electron chi connectivity index (χ1n) is 5.46. The molecule has 0 aromatic heterocycles. The number of anilines is 1. The molecule has 6 heteroatoms. The van der Waals surface area contributed by atoms with Gasteiger partial charge in [0, 0.05) is 4.47 Å². The Morgan fingerprint density at radius 2 is 1.94 bits per heavy atom. The highest BCUT2D eigenvalue weighted by Gasteiger charge is 2.29. The Morgan fingerprint density at radius 3 is 2.59 bits per heavy atom. The van der Waals surface area contributed by atoms with Crippen molar-refractivity contribution in [2.75, 3.05) is 4.72 Å². The summed E-state index contributed by atoms with van der Waals surface area (Å²) in [4.78, 5) is 0. The van der Waals surface area contributed by atoms with Gasteiger partial charge in [-0.25, -0.2) is 12.8 Å². The second-order valence-electron chi connectivity index (χ2n) is 4.18. The molecule has 1 aromatic carbocycles. The van der Waals surface area contributed by atoms with Gasteiger partial charge >= 0.3 is 0 Å². The highest BCUT2D eigenvalue weighted by molar-refractivity contribution is 9.10. The van der Waals surface area contributed by atoms with Crippen molar-refractivity contribution in [3.8, 4) is 0 Å². The van der Waals surface area contributed by atoms with E-state index in [-0.39, 0.29) is 10.9 Å². The molecule has 3 nitrogen and oxygen atoms in total. The molecule has 1 aliphatic carbocycles. The molecule has 0 atom stereocenters. The van der Waals surface area contributed by atoms with E-state index in [1.54, 1.807) is 0 Å². The summed E-state index contributed by atoms with van der Waals surface area (Å²) in [7, 11) is -3.40. The number of rotatable bonds is 3. The van der Waals surface area contributed by atoms with Gasteiger partial charge in [0.05, 0.1) is 10.9 Å². The Balaban J connectivity index is 2.22. The number of hydrogen-bond acceptors (Lipinski definition) is 2. The minimum atomic E-state index is -3.40. The number of benzene rings is 1. The van der Waals surface area contributed by atoms with Crippen LogP contribution >= 0.6 is 15.9 Å². The first-order chi connectivity index (χ1) is 7.99. The smallest absolute Gasteiger partial charge is 0.235 e. The monoisotopic (exact) mass is 321 g/mol. The van der Waals surface area contributed by atoms with E-state index in [4.69, 9.17) is 0 Å². The van der Waals surface area contributed by atoms with E-state index < -0.39 is 15.8 Å². The third kappa shape index (κ3) is 2.98. The Bertz CT molecular complexity index is 512. The summed E-state index contributed by atoms with van der Waals surface area (Å²) in [5, 5.41) is -0.349. The lowest BCUT2D eigenvalue weighted by Crippen LogP contribution is -2.25. The number of halogens is 2. The van der Waals surface area contributed by atoms with Crippen molar-refractivity contribution in [1.29, 1.82) is 0 Å². The van der Waals surface area contributed by atoms with Crippen molar-refractivity contribution in [2.45, 2.75) is 30.9 Å². The molecule has 0 spiro atoms. The summed E-state index contributed by atoms with van der Waals surface area (Å²) >= 11 is 3.20.